The molecule has 1 nitrogen and oxygen atoms in total. The summed E-state index contributed by atoms with van der Waals surface area (Å²) >= 11 is 0. The molecule has 1 atom stereocenters. The van der Waals surface area contributed by atoms with Crippen molar-refractivity contribution < 1.29 is 4.58 Å². The van der Waals surface area contributed by atoms with Crippen LogP contribution in [0.2, 0.25) is 0 Å². The molecule has 1 aliphatic heterocycles. The molecule has 0 saturated carbocycles. The second-order valence-corrected chi connectivity index (χ2v) is 9.37. The van der Waals surface area contributed by atoms with E-state index in [2.05, 4.69) is 108 Å². The maximum absolute atomic E-state index is 2.59. The van der Waals surface area contributed by atoms with Gasteiger partial charge in [-0.1, -0.05) is 76.2 Å². The summed E-state index contributed by atoms with van der Waals surface area (Å²) in [6.45, 7) is 16.4. The summed E-state index contributed by atoms with van der Waals surface area (Å²) in [5, 5.41) is 0. The van der Waals surface area contributed by atoms with Crippen LogP contribution < -0.4 is 0 Å². The van der Waals surface area contributed by atoms with E-state index < -0.39 is 0 Å². The van der Waals surface area contributed by atoms with Crippen LogP contribution in [0, 0.1) is 0 Å². The van der Waals surface area contributed by atoms with Crippen LogP contribution in [0.3, 0.4) is 0 Å². The van der Waals surface area contributed by atoms with Gasteiger partial charge in [0.1, 0.15) is 0 Å². The highest BCUT2D eigenvalue weighted by atomic mass is 15.1. The van der Waals surface area contributed by atoms with Crippen molar-refractivity contribution in [1.29, 1.82) is 0 Å². The lowest BCUT2D eigenvalue weighted by atomic mass is 9.77. The van der Waals surface area contributed by atoms with Crippen LogP contribution in [-0.2, 0) is 5.41 Å². The molecule has 0 aliphatic carbocycles. The molecule has 0 fully saturated rings. The molecule has 0 spiro atoms. The van der Waals surface area contributed by atoms with E-state index in [0.717, 1.165) is 6.42 Å². The highest BCUT2D eigenvalue weighted by Crippen LogP contribution is 2.45. The van der Waals surface area contributed by atoms with E-state index in [-0.39, 0.29) is 11.0 Å². The predicted octanol–water partition coefficient (Wildman–Crippen LogP) is 6.79. The minimum atomic E-state index is 0.0586. The van der Waals surface area contributed by atoms with Crippen LogP contribution in [0.4, 0.5) is 5.69 Å². The molecule has 1 aliphatic rings. The second kappa shape index (κ2) is 6.68. The van der Waals surface area contributed by atoms with Crippen molar-refractivity contribution in [3.63, 3.8) is 0 Å². The van der Waals surface area contributed by atoms with Crippen molar-refractivity contribution in [2.75, 3.05) is 0 Å². The van der Waals surface area contributed by atoms with Crippen LogP contribution in [0.15, 0.2) is 48.5 Å². The second-order valence-electron chi connectivity index (χ2n) is 9.37. The molecule has 0 unspecified atom stereocenters. The fourth-order valence-electron chi connectivity index (χ4n) is 4.64. The standard InChI is InChI=1S/C25H34N/c1-18(2)21-14-11-15-22(19(3)4)23(21)26-17-25(7,16-24(26,5)6)20-12-9-8-10-13-20/h8-15,17-19H,16H2,1-7H3/q+1/t25-/m1/s1. The van der Waals surface area contributed by atoms with Crippen molar-refractivity contribution in [1.82, 2.24) is 0 Å². The maximum atomic E-state index is 2.59. The van der Waals surface area contributed by atoms with Gasteiger partial charge in [0.2, 0.25) is 5.69 Å². The van der Waals surface area contributed by atoms with Gasteiger partial charge in [-0.25, -0.2) is 0 Å². The number of rotatable bonds is 4. The van der Waals surface area contributed by atoms with Crippen molar-refractivity contribution in [2.45, 2.75) is 77.7 Å². The van der Waals surface area contributed by atoms with Gasteiger partial charge >= 0.3 is 0 Å². The number of benzene rings is 2. The Balaban J connectivity index is 2.24. The molecule has 0 bridgehead atoms. The van der Waals surface area contributed by atoms with Gasteiger partial charge in [0.05, 0.1) is 5.41 Å². The average Bonchev–Trinajstić information content (AvgIpc) is 2.85. The molecular weight excluding hydrogens is 314 g/mol. The average molecular weight is 349 g/mol. The quantitative estimate of drug-likeness (QED) is 0.535. The minimum Gasteiger partial charge on any atom is -0.196 e. The summed E-state index contributed by atoms with van der Waals surface area (Å²) in [5.74, 6) is 1.02. The number of hydrogen-bond donors (Lipinski definition) is 0. The van der Waals surface area contributed by atoms with Crippen LogP contribution in [0.5, 0.6) is 0 Å². The first-order valence-corrected chi connectivity index (χ1v) is 9.99. The van der Waals surface area contributed by atoms with E-state index in [9.17, 15) is 0 Å². The lowest BCUT2D eigenvalue weighted by molar-refractivity contribution is -0.513. The Bertz CT molecular complexity index is 785. The Morgan fingerprint density at radius 2 is 1.31 bits per heavy atom. The van der Waals surface area contributed by atoms with Gasteiger partial charge < -0.3 is 0 Å². The molecule has 3 rings (SSSR count). The van der Waals surface area contributed by atoms with Crippen LogP contribution in [-0.4, -0.2) is 16.3 Å². The summed E-state index contributed by atoms with van der Waals surface area (Å²) in [6, 6.07) is 17.8. The lowest BCUT2D eigenvalue weighted by Gasteiger charge is -2.24. The van der Waals surface area contributed by atoms with Crippen LogP contribution in [0.1, 0.15) is 83.4 Å². The third-order valence-corrected chi connectivity index (χ3v) is 5.88. The fraction of sp³-hybridized carbons (Fsp3) is 0.480. The van der Waals surface area contributed by atoms with E-state index >= 15 is 0 Å². The molecule has 0 saturated heterocycles. The van der Waals surface area contributed by atoms with Crippen LogP contribution in [0.25, 0.3) is 0 Å². The zero-order valence-electron chi connectivity index (χ0n) is 17.5. The predicted molar refractivity (Wildman–Crippen MR) is 113 cm³/mol. The lowest BCUT2D eigenvalue weighted by Crippen LogP contribution is -2.31. The van der Waals surface area contributed by atoms with E-state index in [1.54, 1.807) is 0 Å². The third-order valence-electron chi connectivity index (χ3n) is 5.88. The first kappa shape index (κ1) is 18.9. The van der Waals surface area contributed by atoms with Gasteiger partial charge in [-0.2, -0.15) is 4.58 Å². The molecular formula is C25H34N+. The number of para-hydroxylation sites is 1. The van der Waals surface area contributed by atoms with E-state index in [0.29, 0.717) is 11.8 Å². The Hall–Kier alpha value is -1.89. The summed E-state index contributed by atoms with van der Waals surface area (Å²) in [4.78, 5) is 0. The zero-order chi connectivity index (χ0) is 19.1. The van der Waals surface area contributed by atoms with Crippen molar-refractivity contribution in [3.05, 3.63) is 65.2 Å². The van der Waals surface area contributed by atoms with Gasteiger partial charge in [-0.15, -0.1) is 0 Å². The van der Waals surface area contributed by atoms with Crippen molar-refractivity contribution in [2.24, 2.45) is 0 Å². The molecule has 26 heavy (non-hydrogen) atoms. The van der Waals surface area contributed by atoms with Gasteiger partial charge in [0.25, 0.3) is 0 Å². The fourth-order valence-corrected chi connectivity index (χ4v) is 4.64. The Labute approximate surface area is 159 Å². The topological polar surface area (TPSA) is 3.01 Å². The van der Waals surface area contributed by atoms with Crippen LogP contribution >= 0.6 is 0 Å². The monoisotopic (exact) mass is 348 g/mol. The minimum absolute atomic E-state index is 0.0586. The Kier molecular flexibility index (Phi) is 4.86. The van der Waals surface area contributed by atoms with E-state index in [1.165, 1.54) is 22.4 Å². The molecule has 0 N–H and O–H groups in total. The Morgan fingerprint density at radius 1 is 0.769 bits per heavy atom. The summed E-state index contributed by atoms with van der Waals surface area (Å²) in [7, 11) is 0. The van der Waals surface area contributed by atoms with E-state index in [4.69, 9.17) is 0 Å². The molecule has 2 aromatic carbocycles. The Morgan fingerprint density at radius 3 is 1.81 bits per heavy atom. The molecule has 138 valence electrons. The number of nitrogens with zero attached hydrogens (tertiary/aromatic N) is 1. The molecule has 0 radical (unpaired) electrons. The molecule has 0 aromatic heterocycles. The van der Waals surface area contributed by atoms with Gasteiger partial charge in [-0.3, -0.25) is 0 Å². The zero-order valence-corrected chi connectivity index (χ0v) is 17.5. The van der Waals surface area contributed by atoms with Crippen molar-refractivity contribution >= 4 is 11.9 Å². The largest absolute Gasteiger partial charge is 0.212 e. The maximum Gasteiger partial charge on any atom is 0.212 e. The molecule has 0 amide bonds. The molecule has 1 heterocycles. The first-order chi connectivity index (χ1) is 12.2. The SMILES string of the molecule is CC(C)c1cccc(C(C)C)c1[N+]1=C[C@](C)(c2ccccc2)CC1(C)C. The normalized spacial score (nSPS) is 22.1. The summed E-state index contributed by atoms with van der Waals surface area (Å²) < 4.78 is 2.59. The highest BCUT2D eigenvalue weighted by molar-refractivity contribution is 5.73. The summed E-state index contributed by atoms with van der Waals surface area (Å²) in [6.07, 6.45) is 3.61. The third kappa shape index (κ3) is 3.24. The van der Waals surface area contributed by atoms with E-state index in [1.807, 2.05) is 0 Å². The number of hydrogen-bond acceptors (Lipinski definition) is 0. The summed E-state index contributed by atoms with van der Waals surface area (Å²) in [5.41, 5.74) is 5.89. The highest BCUT2D eigenvalue weighted by Gasteiger charge is 2.50. The smallest absolute Gasteiger partial charge is 0.196 e. The van der Waals surface area contributed by atoms with Gasteiger partial charge in [-0.05, 0) is 24.3 Å². The van der Waals surface area contributed by atoms with Gasteiger partial charge in [0, 0.05) is 31.4 Å². The van der Waals surface area contributed by atoms with Gasteiger partial charge in [0.15, 0.2) is 11.8 Å². The first-order valence-electron chi connectivity index (χ1n) is 9.99. The molecule has 2 aromatic rings. The molecule has 1 heteroatoms. The van der Waals surface area contributed by atoms with Crippen molar-refractivity contribution in [3.8, 4) is 0 Å².